The fourth-order valence-electron chi connectivity index (χ4n) is 2.72. The summed E-state index contributed by atoms with van der Waals surface area (Å²) in [5.41, 5.74) is 5.61. The van der Waals surface area contributed by atoms with Gasteiger partial charge in [-0.25, -0.2) is 4.79 Å². The van der Waals surface area contributed by atoms with Crippen LogP contribution in [0.1, 0.15) is 19.3 Å². The predicted molar refractivity (Wildman–Crippen MR) is 66.1 cm³/mol. The summed E-state index contributed by atoms with van der Waals surface area (Å²) in [5.74, 6) is -0.610. The van der Waals surface area contributed by atoms with Crippen molar-refractivity contribution in [2.75, 3.05) is 32.7 Å². The van der Waals surface area contributed by atoms with Gasteiger partial charge >= 0.3 is 12.0 Å². The number of aliphatic carboxylic acids is 1. The zero-order valence-corrected chi connectivity index (χ0v) is 10.5. The average Bonchev–Trinajstić information content (AvgIpc) is 2.86. The maximum atomic E-state index is 12.2. The van der Waals surface area contributed by atoms with E-state index < -0.39 is 5.97 Å². The first-order chi connectivity index (χ1) is 8.61. The third-order valence-corrected chi connectivity index (χ3v) is 4.00. The Bertz CT molecular complexity index is 327. The number of likely N-dealkylation sites (tertiary alicyclic amines) is 2. The summed E-state index contributed by atoms with van der Waals surface area (Å²) in [6.07, 6.45) is 2.11. The maximum absolute atomic E-state index is 12.2. The van der Waals surface area contributed by atoms with Gasteiger partial charge in [0.2, 0.25) is 0 Å². The zero-order chi connectivity index (χ0) is 13.1. The number of urea groups is 1. The van der Waals surface area contributed by atoms with E-state index in [2.05, 4.69) is 0 Å². The van der Waals surface area contributed by atoms with Crippen LogP contribution in [0.3, 0.4) is 0 Å². The monoisotopic (exact) mass is 255 g/mol. The highest BCUT2D eigenvalue weighted by molar-refractivity contribution is 5.75. The van der Waals surface area contributed by atoms with Gasteiger partial charge in [-0.3, -0.25) is 4.79 Å². The van der Waals surface area contributed by atoms with Gasteiger partial charge in [-0.05, 0) is 31.7 Å². The number of carbonyl (C=O) groups is 2. The van der Waals surface area contributed by atoms with Crippen LogP contribution >= 0.6 is 0 Å². The van der Waals surface area contributed by atoms with Crippen LogP contribution in [0.2, 0.25) is 0 Å². The minimum Gasteiger partial charge on any atom is -0.481 e. The summed E-state index contributed by atoms with van der Waals surface area (Å²) in [6, 6.07) is 0.0507. The van der Waals surface area contributed by atoms with Crippen molar-refractivity contribution in [1.29, 1.82) is 0 Å². The van der Waals surface area contributed by atoms with Gasteiger partial charge in [-0.2, -0.15) is 0 Å². The lowest BCUT2D eigenvalue weighted by Crippen LogP contribution is -2.46. The lowest BCUT2D eigenvalue weighted by Gasteiger charge is -2.33. The van der Waals surface area contributed by atoms with E-state index in [-0.39, 0.29) is 11.9 Å². The molecular formula is C12H21N3O3. The number of nitrogens with two attached hydrogens (primary N) is 1. The molecule has 6 heteroatoms. The number of carbonyl (C=O) groups excluding carboxylic acids is 1. The highest BCUT2D eigenvalue weighted by Gasteiger charge is 2.32. The first-order valence-electron chi connectivity index (χ1n) is 6.58. The molecule has 18 heavy (non-hydrogen) atoms. The van der Waals surface area contributed by atoms with Gasteiger partial charge in [0.25, 0.3) is 0 Å². The summed E-state index contributed by atoms with van der Waals surface area (Å²) in [5, 5.41) is 8.91. The number of carboxylic acid groups (broad SMARTS) is 1. The van der Waals surface area contributed by atoms with Crippen molar-refractivity contribution in [1.82, 2.24) is 9.80 Å². The molecule has 0 bridgehead atoms. The van der Waals surface area contributed by atoms with Gasteiger partial charge in [0.1, 0.15) is 0 Å². The molecule has 0 aliphatic carbocycles. The van der Waals surface area contributed by atoms with Crippen LogP contribution < -0.4 is 5.73 Å². The van der Waals surface area contributed by atoms with Gasteiger partial charge in [0.05, 0.1) is 5.92 Å². The first kappa shape index (κ1) is 13.1. The Morgan fingerprint density at radius 2 is 1.72 bits per heavy atom. The number of nitrogens with zero attached hydrogens (tertiary/aromatic N) is 2. The lowest BCUT2D eigenvalue weighted by molar-refractivity contribution is -0.143. The largest absolute Gasteiger partial charge is 0.481 e. The van der Waals surface area contributed by atoms with E-state index >= 15 is 0 Å². The number of piperidine rings is 1. The van der Waals surface area contributed by atoms with Crippen LogP contribution in [0.5, 0.6) is 0 Å². The second-order valence-electron chi connectivity index (χ2n) is 5.22. The summed E-state index contributed by atoms with van der Waals surface area (Å²) in [4.78, 5) is 26.7. The summed E-state index contributed by atoms with van der Waals surface area (Å²) in [6.45, 7) is 3.26. The smallest absolute Gasteiger partial charge is 0.320 e. The number of rotatable bonds is 2. The Hall–Kier alpha value is -1.30. The molecule has 102 valence electrons. The highest BCUT2D eigenvalue weighted by Crippen LogP contribution is 2.21. The van der Waals surface area contributed by atoms with E-state index in [1.165, 1.54) is 0 Å². The van der Waals surface area contributed by atoms with E-state index in [0.717, 1.165) is 19.5 Å². The van der Waals surface area contributed by atoms with Gasteiger partial charge in [0.15, 0.2) is 0 Å². The Kier molecular flexibility index (Phi) is 4.06. The van der Waals surface area contributed by atoms with E-state index in [1.807, 2.05) is 4.90 Å². The Morgan fingerprint density at radius 1 is 1.11 bits per heavy atom. The molecule has 2 rings (SSSR count). The van der Waals surface area contributed by atoms with Crippen LogP contribution in [0.25, 0.3) is 0 Å². The second-order valence-corrected chi connectivity index (χ2v) is 5.22. The Balaban J connectivity index is 1.83. The molecule has 0 aromatic carbocycles. The molecule has 2 fully saturated rings. The van der Waals surface area contributed by atoms with Crippen LogP contribution in [0, 0.1) is 11.8 Å². The molecule has 0 radical (unpaired) electrons. The van der Waals surface area contributed by atoms with Crippen molar-refractivity contribution in [2.45, 2.75) is 19.3 Å². The van der Waals surface area contributed by atoms with Crippen molar-refractivity contribution >= 4 is 12.0 Å². The van der Waals surface area contributed by atoms with Crippen LogP contribution in [-0.4, -0.2) is 59.6 Å². The molecule has 0 spiro atoms. The molecule has 1 atom stereocenters. The molecule has 0 saturated carbocycles. The van der Waals surface area contributed by atoms with Crippen molar-refractivity contribution in [3.8, 4) is 0 Å². The number of hydrogen-bond acceptors (Lipinski definition) is 3. The van der Waals surface area contributed by atoms with Gasteiger partial charge in [0, 0.05) is 26.2 Å². The standard InChI is InChI=1S/C12H21N3O3/c13-7-9-1-4-15(8-9)12(18)14-5-2-10(3-6-14)11(16)17/h9-10H,1-8,13H2,(H,16,17). The van der Waals surface area contributed by atoms with Gasteiger partial charge in [-0.15, -0.1) is 0 Å². The predicted octanol–water partition coefficient (Wildman–Crippen LogP) is 0.184. The first-order valence-corrected chi connectivity index (χ1v) is 6.58. The minimum atomic E-state index is -0.744. The van der Waals surface area contributed by atoms with Crippen LogP contribution in [-0.2, 0) is 4.79 Å². The minimum absolute atomic E-state index is 0.0507. The Labute approximate surface area is 107 Å². The van der Waals surface area contributed by atoms with Crippen LogP contribution in [0.15, 0.2) is 0 Å². The van der Waals surface area contributed by atoms with Crippen molar-refractivity contribution in [3.63, 3.8) is 0 Å². The van der Waals surface area contributed by atoms with Crippen molar-refractivity contribution < 1.29 is 14.7 Å². The molecule has 0 aromatic rings. The Morgan fingerprint density at radius 3 is 2.22 bits per heavy atom. The molecule has 2 aliphatic rings. The lowest BCUT2D eigenvalue weighted by atomic mass is 9.97. The van der Waals surface area contributed by atoms with E-state index in [9.17, 15) is 9.59 Å². The maximum Gasteiger partial charge on any atom is 0.320 e. The molecule has 3 N–H and O–H groups in total. The fourth-order valence-corrected chi connectivity index (χ4v) is 2.72. The van der Waals surface area contributed by atoms with Crippen molar-refractivity contribution in [2.24, 2.45) is 17.6 Å². The molecule has 2 saturated heterocycles. The van der Waals surface area contributed by atoms with E-state index in [4.69, 9.17) is 10.8 Å². The van der Waals surface area contributed by atoms with Crippen molar-refractivity contribution in [3.05, 3.63) is 0 Å². The fraction of sp³-hybridized carbons (Fsp3) is 0.833. The molecule has 0 aromatic heterocycles. The summed E-state index contributed by atoms with van der Waals surface area (Å²) >= 11 is 0. The topological polar surface area (TPSA) is 86.9 Å². The van der Waals surface area contributed by atoms with Gasteiger partial charge in [-0.1, -0.05) is 0 Å². The SMILES string of the molecule is NCC1CCN(C(=O)N2CCC(C(=O)O)CC2)C1. The third-order valence-electron chi connectivity index (χ3n) is 4.00. The summed E-state index contributed by atoms with van der Waals surface area (Å²) in [7, 11) is 0. The van der Waals surface area contributed by atoms with Gasteiger partial charge < -0.3 is 20.6 Å². The molecule has 2 heterocycles. The molecular weight excluding hydrogens is 234 g/mol. The number of amides is 2. The highest BCUT2D eigenvalue weighted by atomic mass is 16.4. The van der Waals surface area contributed by atoms with Crippen LogP contribution in [0.4, 0.5) is 4.79 Å². The molecule has 6 nitrogen and oxygen atoms in total. The molecule has 2 aliphatic heterocycles. The molecule has 2 amide bonds. The average molecular weight is 255 g/mol. The quantitative estimate of drug-likeness (QED) is 0.737. The second kappa shape index (κ2) is 5.56. The number of carboxylic acids is 1. The zero-order valence-electron chi connectivity index (χ0n) is 10.5. The number of hydrogen-bond donors (Lipinski definition) is 2. The third kappa shape index (κ3) is 2.75. The molecule has 1 unspecified atom stereocenters. The van der Waals surface area contributed by atoms with E-state index in [0.29, 0.717) is 38.4 Å². The van der Waals surface area contributed by atoms with E-state index in [1.54, 1.807) is 4.90 Å². The summed E-state index contributed by atoms with van der Waals surface area (Å²) < 4.78 is 0. The normalized spacial score (nSPS) is 25.5.